The second-order valence-electron chi connectivity index (χ2n) is 6.22. The molecule has 5 nitrogen and oxygen atoms in total. The van der Waals surface area contributed by atoms with Crippen molar-refractivity contribution in [3.8, 4) is 0 Å². The molecule has 0 aliphatic carbocycles. The van der Waals surface area contributed by atoms with E-state index in [-0.39, 0.29) is 11.9 Å². The van der Waals surface area contributed by atoms with Gasteiger partial charge in [-0.15, -0.1) is 0 Å². The maximum absolute atomic E-state index is 12.5. The highest BCUT2D eigenvalue weighted by Gasteiger charge is 2.26. The van der Waals surface area contributed by atoms with E-state index >= 15 is 0 Å². The molecular weight excluding hydrogens is 316 g/mol. The van der Waals surface area contributed by atoms with Crippen LogP contribution in [0.1, 0.15) is 36.0 Å². The molecule has 2 atom stereocenters. The van der Waals surface area contributed by atoms with E-state index in [1.807, 2.05) is 12.1 Å². The van der Waals surface area contributed by atoms with Crippen molar-refractivity contribution in [3.63, 3.8) is 0 Å². The lowest BCUT2D eigenvalue weighted by Gasteiger charge is -2.30. The Hall–Kier alpha value is -1.30. The van der Waals surface area contributed by atoms with E-state index in [2.05, 4.69) is 10.2 Å². The first kappa shape index (κ1) is 16.6. The molecule has 2 N–H and O–H groups in total. The monoisotopic (exact) mass is 338 g/mol. The maximum Gasteiger partial charge on any atom is 0.253 e. The summed E-state index contributed by atoms with van der Waals surface area (Å²) < 4.78 is 5.32. The zero-order chi connectivity index (χ0) is 16.2. The largest absolute Gasteiger partial charge is 0.391 e. The number of aliphatic hydroxyl groups is 1. The van der Waals surface area contributed by atoms with Crippen molar-refractivity contribution in [1.82, 2.24) is 5.32 Å². The Kier molecular flexibility index (Phi) is 5.41. The zero-order valence-corrected chi connectivity index (χ0v) is 13.9. The molecule has 2 heterocycles. The summed E-state index contributed by atoms with van der Waals surface area (Å²) in [7, 11) is 0. The first-order valence-corrected chi connectivity index (χ1v) is 8.64. The Balaban J connectivity index is 1.73. The van der Waals surface area contributed by atoms with Crippen LogP contribution >= 0.6 is 11.6 Å². The van der Waals surface area contributed by atoms with E-state index in [9.17, 15) is 9.90 Å². The van der Waals surface area contributed by atoms with E-state index in [0.29, 0.717) is 30.2 Å². The van der Waals surface area contributed by atoms with Gasteiger partial charge in [0.15, 0.2) is 0 Å². The number of benzene rings is 1. The van der Waals surface area contributed by atoms with E-state index in [4.69, 9.17) is 16.3 Å². The average molecular weight is 339 g/mol. The number of hydrogen-bond acceptors (Lipinski definition) is 4. The van der Waals surface area contributed by atoms with Gasteiger partial charge in [-0.05, 0) is 43.9 Å². The van der Waals surface area contributed by atoms with Gasteiger partial charge < -0.3 is 20.1 Å². The number of amides is 1. The Morgan fingerprint density at radius 3 is 2.83 bits per heavy atom. The van der Waals surface area contributed by atoms with Crippen LogP contribution in [0.2, 0.25) is 5.02 Å². The molecule has 0 bridgehead atoms. The summed E-state index contributed by atoms with van der Waals surface area (Å²) >= 11 is 6.21. The van der Waals surface area contributed by atoms with Gasteiger partial charge in [-0.1, -0.05) is 11.6 Å². The quantitative estimate of drug-likeness (QED) is 0.887. The predicted octanol–water partition coefficient (Wildman–Crippen LogP) is 2.21. The molecule has 2 aliphatic rings. The number of carbonyl (C=O) groups is 1. The molecule has 0 saturated carbocycles. The summed E-state index contributed by atoms with van der Waals surface area (Å²) in [5, 5.41) is 13.2. The van der Waals surface area contributed by atoms with Crippen LogP contribution in [0.4, 0.5) is 5.69 Å². The van der Waals surface area contributed by atoms with Crippen LogP contribution in [0, 0.1) is 0 Å². The highest BCUT2D eigenvalue weighted by molar-refractivity contribution is 6.34. The van der Waals surface area contributed by atoms with Crippen LogP contribution in [0.25, 0.3) is 0 Å². The first-order chi connectivity index (χ1) is 11.1. The van der Waals surface area contributed by atoms with Crippen LogP contribution in [-0.2, 0) is 4.74 Å². The van der Waals surface area contributed by atoms with Gasteiger partial charge in [0.2, 0.25) is 0 Å². The maximum atomic E-state index is 12.5. The van der Waals surface area contributed by atoms with Gasteiger partial charge in [0.05, 0.1) is 29.3 Å². The van der Waals surface area contributed by atoms with Crippen molar-refractivity contribution in [3.05, 3.63) is 28.8 Å². The second kappa shape index (κ2) is 7.51. The molecular formula is C17H23ClN2O3. The number of piperidine rings is 1. The van der Waals surface area contributed by atoms with Crippen molar-refractivity contribution in [2.75, 3.05) is 31.2 Å². The Morgan fingerprint density at radius 1 is 1.30 bits per heavy atom. The number of carbonyl (C=O) groups excluding carboxylic acids is 1. The standard InChI is InChI=1S/C17H23ClN2O3/c18-14-5-4-12(20-7-2-1-3-8-20)10-13(14)17(22)19-15-11-23-9-6-16(15)21/h4-5,10,15-16,21H,1-3,6-9,11H2,(H,19,22)/t15-,16-/m1/s1. The third kappa shape index (κ3) is 3.97. The Labute approximate surface area is 141 Å². The van der Waals surface area contributed by atoms with Crippen molar-refractivity contribution >= 4 is 23.2 Å². The number of hydrogen-bond donors (Lipinski definition) is 2. The minimum atomic E-state index is -0.572. The minimum Gasteiger partial charge on any atom is -0.391 e. The molecule has 2 saturated heterocycles. The van der Waals surface area contributed by atoms with Crippen LogP contribution in [0.3, 0.4) is 0 Å². The van der Waals surface area contributed by atoms with E-state index in [1.54, 1.807) is 6.07 Å². The fourth-order valence-electron chi connectivity index (χ4n) is 3.15. The summed E-state index contributed by atoms with van der Waals surface area (Å²) in [6, 6.07) is 5.20. The number of anilines is 1. The Morgan fingerprint density at radius 2 is 2.09 bits per heavy atom. The number of nitrogens with zero attached hydrogens (tertiary/aromatic N) is 1. The lowest BCUT2D eigenvalue weighted by molar-refractivity contribution is -0.0140. The van der Waals surface area contributed by atoms with Gasteiger partial charge in [0, 0.05) is 25.4 Å². The third-order valence-electron chi connectivity index (χ3n) is 4.55. The number of aliphatic hydroxyl groups excluding tert-OH is 1. The first-order valence-electron chi connectivity index (χ1n) is 8.26. The number of ether oxygens (including phenoxy) is 1. The molecule has 0 unspecified atom stereocenters. The summed E-state index contributed by atoms with van der Waals surface area (Å²) in [5.41, 5.74) is 1.48. The lowest BCUT2D eigenvalue weighted by Crippen LogP contribution is -2.49. The van der Waals surface area contributed by atoms with Crippen LogP contribution in [-0.4, -0.2) is 49.5 Å². The summed E-state index contributed by atoms with van der Waals surface area (Å²) in [4.78, 5) is 14.8. The summed E-state index contributed by atoms with van der Waals surface area (Å²) in [6.45, 7) is 2.88. The number of rotatable bonds is 3. The van der Waals surface area contributed by atoms with Gasteiger partial charge in [-0.2, -0.15) is 0 Å². The van der Waals surface area contributed by atoms with Crippen LogP contribution < -0.4 is 10.2 Å². The molecule has 3 rings (SSSR count). The number of nitrogens with one attached hydrogen (secondary N) is 1. The number of halogens is 1. The highest BCUT2D eigenvalue weighted by atomic mass is 35.5. The van der Waals surface area contributed by atoms with Crippen molar-refractivity contribution in [1.29, 1.82) is 0 Å². The summed E-state index contributed by atoms with van der Waals surface area (Å²) in [5.74, 6) is -0.261. The topological polar surface area (TPSA) is 61.8 Å². The summed E-state index contributed by atoms with van der Waals surface area (Å²) in [6.07, 6.45) is 3.58. The molecule has 2 aliphatic heterocycles. The van der Waals surface area contributed by atoms with E-state index < -0.39 is 6.10 Å². The molecule has 1 amide bonds. The normalized spacial score (nSPS) is 25.2. The fraction of sp³-hybridized carbons (Fsp3) is 0.588. The zero-order valence-electron chi connectivity index (χ0n) is 13.1. The van der Waals surface area contributed by atoms with Crippen molar-refractivity contribution in [2.24, 2.45) is 0 Å². The molecule has 0 aromatic heterocycles. The fourth-order valence-corrected chi connectivity index (χ4v) is 3.35. The predicted molar refractivity (Wildman–Crippen MR) is 90.2 cm³/mol. The second-order valence-corrected chi connectivity index (χ2v) is 6.63. The molecule has 6 heteroatoms. The van der Waals surface area contributed by atoms with E-state index in [0.717, 1.165) is 18.8 Å². The van der Waals surface area contributed by atoms with Gasteiger partial charge in [0.25, 0.3) is 5.91 Å². The molecule has 1 aromatic carbocycles. The minimum absolute atomic E-state index is 0.261. The Bertz CT molecular complexity index is 561. The van der Waals surface area contributed by atoms with Gasteiger partial charge in [0.1, 0.15) is 0 Å². The van der Waals surface area contributed by atoms with Crippen molar-refractivity contribution in [2.45, 2.75) is 37.8 Å². The SMILES string of the molecule is O=C(N[C@@H]1COCC[C@H]1O)c1cc(N2CCCCC2)ccc1Cl. The van der Waals surface area contributed by atoms with Gasteiger partial charge >= 0.3 is 0 Å². The van der Waals surface area contributed by atoms with Crippen molar-refractivity contribution < 1.29 is 14.6 Å². The van der Waals surface area contributed by atoms with E-state index in [1.165, 1.54) is 19.3 Å². The third-order valence-corrected chi connectivity index (χ3v) is 4.88. The van der Waals surface area contributed by atoms with Crippen LogP contribution in [0.15, 0.2) is 18.2 Å². The average Bonchev–Trinajstić information content (AvgIpc) is 2.58. The van der Waals surface area contributed by atoms with Gasteiger partial charge in [-0.3, -0.25) is 4.79 Å². The molecule has 0 radical (unpaired) electrons. The van der Waals surface area contributed by atoms with Gasteiger partial charge in [-0.25, -0.2) is 0 Å². The molecule has 0 spiro atoms. The smallest absolute Gasteiger partial charge is 0.253 e. The molecule has 126 valence electrons. The molecule has 2 fully saturated rings. The highest BCUT2D eigenvalue weighted by Crippen LogP contribution is 2.26. The molecule has 23 heavy (non-hydrogen) atoms. The molecule has 1 aromatic rings. The lowest BCUT2D eigenvalue weighted by atomic mass is 10.1. The van der Waals surface area contributed by atoms with Crippen LogP contribution in [0.5, 0.6) is 0 Å².